The van der Waals surface area contributed by atoms with Gasteiger partial charge in [0, 0.05) is 13.1 Å². The van der Waals surface area contributed by atoms with Crippen molar-refractivity contribution in [3.05, 3.63) is 35.9 Å². The maximum atomic E-state index is 13.8. The van der Waals surface area contributed by atoms with Crippen LogP contribution in [0.3, 0.4) is 0 Å². The van der Waals surface area contributed by atoms with Gasteiger partial charge in [0.05, 0.1) is 0 Å². The van der Waals surface area contributed by atoms with Crippen LogP contribution >= 0.6 is 0 Å². The highest BCUT2D eigenvalue weighted by molar-refractivity contribution is 5.76. The lowest BCUT2D eigenvalue weighted by atomic mass is 9.91. The minimum absolute atomic E-state index is 0.205. The number of carbonyl (C=O) groups is 2. The lowest BCUT2D eigenvalue weighted by Gasteiger charge is -2.36. The predicted molar refractivity (Wildman–Crippen MR) is 78.7 cm³/mol. The van der Waals surface area contributed by atoms with Crippen LogP contribution in [0.1, 0.15) is 5.56 Å². The highest BCUT2D eigenvalue weighted by atomic mass is 19.4. The number of amides is 2. The first-order valence-electron chi connectivity index (χ1n) is 7.54. The van der Waals surface area contributed by atoms with Crippen LogP contribution in [0.25, 0.3) is 0 Å². The van der Waals surface area contributed by atoms with E-state index in [0.717, 1.165) is 0 Å². The second-order valence-corrected chi connectivity index (χ2v) is 5.71. The second-order valence-electron chi connectivity index (χ2n) is 5.71. The maximum absolute atomic E-state index is 13.8. The lowest BCUT2D eigenvalue weighted by molar-refractivity contribution is -0.401. The second kappa shape index (κ2) is 8.37. The summed E-state index contributed by atoms with van der Waals surface area (Å²) >= 11 is 0. The molecule has 1 aromatic carbocycles. The maximum Gasteiger partial charge on any atom is 0.460 e. The molecular weight excluding hydrogens is 427 g/mol. The van der Waals surface area contributed by atoms with Gasteiger partial charge in [0.2, 0.25) is 0 Å². The molecule has 0 aliphatic rings. The minimum Gasteiger partial charge on any atom is -0.481 e. The van der Waals surface area contributed by atoms with Crippen molar-refractivity contribution < 1.29 is 54.2 Å². The Balaban J connectivity index is 2.92. The fourth-order valence-corrected chi connectivity index (χ4v) is 2.01. The summed E-state index contributed by atoms with van der Waals surface area (Å²) in [6.45, 7) is -2.06. The molecule has 1 rings (SSSR count). The topological polar surface area (TPSA) is 78.4 Å². The third-order valence-electron chi connectivity index (χ3n) is 3.67. The van der Waals surface area contributed by atoms with Crippen LogP contribution in [0.4, 0.5) is 44.3 Å². The fourth-order valence-electron chi connectivity index (χ4n) is 2.01. The third-order valence-corrected chi connectivity index (χ3v) is 3.67. The quantitative estimate of drug-likeness (QED) is 0.540. The molecule has 0 aromatic heterocycles. The molecule has 1 atom stereocenters. The highest BCUT2D eigenvalue weighted by Crippen LogP contribution is 2.55. The van der Waals surface area contributed by atoms with Gasteiger partial charge in [-0.25, -0.2) is 4.79 Å². The van der Waals surface area contributed by atoms with Crippen LogP contribution in [-0.2, 0) is 11.3 Å². The molecule has 0 aliphatic carbocycles. The van der Waals surface area contributed by atoms with Gasteiger partial charge in [0.15, 0.2) is 0 Å². The number of hydrogen-bond donors (Lipinski definition) is 3. The van der Waals surface area contributed by atoms with Crippen molar-refractivity contribution in [2.24, 2.45) is 5.92 Å². The molecule has 14 heteroatoms. The molecule has 0 heterocycles. The van der Waals surface area contributed by atoms with Crippen LogP contribution in [0.2, 0.25) is 0 Å². The molecule has 0 bridgehead atoms. The van der Waals surface area contributed by atoms with Gasteiger partial charge in [-0.1, -0.05) is 30.3 Å². The summed E-state index contributed by atoms with van der Waals surface area (Å²) in [6.07, 6.45) is -7.08. The lowest BCUT2D eigenvalue weighted by Crippen LogP contribution is -2.65. The number of carboxylic acids is 1. The molecule has 0 fully saturated rings. The number of rotatable bonds is 8. The zero-order chi connectivity index (χ0) is 22.7. The number of halogens is 9. The zero-order valence-electron chi connectivity index (χ0n) is 14.0. The summed E-state index contributed by atoms with van der Waals surface area (Å²) in [5, 5.41) is 12.1. The van der Waals surface area contributed by atoms with E-state index in [0.29, 0.717) is 5.56 Å². The van der Waals surface area contributed by atoms with Crippen LogP contribution in [0, 0.1) is 5.92 Å². The number of carboxylic acid groups (broad SMARTS) is 1. The summed E-state index contributed by atoms with van der Waals surface area (Å²) in [4.78, 5) is 22.4. The standard InChI is InChI=1S/C15H13F9N2O3/c16-12(17,13(18,19)14(20,21)15(22,23)24)9(10(27)28)7-26-11(29)25-6-8-4-2-1-3-5-8/h1-5,9H,6-7H2,(H,27,28)(H2,25,26,29). The Labute approximate surface area is 156 Å². The molecule has 0 radical (unpaired) electrons. The van der Waals surface area contributed by atoms with Crippen molar-refractivity contribution in [1.82, 2.24) is 10.6 Å². The Bertz CT molecular complexity index is 723. The average Bonchev–Trinajstić information content (AvgIpc) is 2.59. The molecule has 5 nitrogen and oxygen atoms in total. The van der Waals surface area contributed by atoms with Gasteiger partial charge >= 0.3 is 35.9 Å². The van der Waals surface area contributed by atoms with Crippen LogP contribution in [0.15, 0.2) is 30.3 Å². The SMILES string of the molecule is O=C(NCc1ccccc1)NCC(C(=O)O)C(F)(F)C(F)(F)C(F)(F)C(F)(F)F. The Morgan fingerprint density at radius 2 is 1.38 bits per heavy atom. The number of carbonyl (C=O) groups excluding carboxylic acids is 1. The molecule has 2 amide bonds. The molecule has 0 spiro atoms. The number of alkyl halides is 9. The van der Waals surface area contributed by atoms with Crippen molar-refractivity contribution in [1.29, 1.82) is 0 Å². The Hall–Kier alpha value is -2.67. The first kappa shape index (κ1) is 24.4. The normalized spacial score (nSPS) is 14.2. The van der Waals surface area contributed by atoms with E-state index < -0.39 is 48.4 Å². The van der Waals surface area contributed by atoms with Gasteiger partial charge in [0.25, 0.3) is 0 Å². The van der Waals surface area contributed by atoms with Crippen molar-refractivity contribution in [3.63, 3.8) is 0 Å². The smallest absolute Gasteiger partial charge is 0.460 e. The number of benzene rings is 1. The van der Waals surface area contributed by atoms with Gasteiger partial charge in [-0.3, -0.25) is 4.79 Å². The molecule has 3 N–H and O–H groups in total. The summed E-state index contributed by atoms with van der Waals surface area (Å²) < 4.78 is 116. The summed E-state index contributed by atoms with van der Waals surface area (Å²) in [7, 11) is 0. The van der Waals surface area contributed by atoms with Gasteiger partial charge in [0.1, 0.15) is 5.92 Å². The van der Waals surface area contributed by atoms with E-state index in [9.17, 15) is 49.1 Å². The van der Waals surface area contributed by atoms with E-state index in [1.54, 1.807) is 18.2 Å². The minimum atomic E-state index is -7.23. The summed E-state index contributed by atoms with van der Waals surface area (Å²) in [5.41, 5.74) is 0.499. The van der Waals surface area contributed by atoms with Crippen LogP contribution < -0.4 is 10.6 Å². The highest BCUT2D eigenvalue weighted by Gasteiger charge is 2.83. The number of aliphatic carboxylic acids is 1. The van der Waals surface area contributed by atoms with E-state index >= 15 is 0 Å². The molecule has 164 valence electrons. The monoisotopic (exact) mass is 440 g/mol. The number of nitrogens with one attached hydrogen (secondary N) is 2. The van der Waals surface area contributed by atoms with Gasteiger partial charge in [-0.05, 0) is 5.56 Å². The number of urea groups is 1. The summed E-state index contributed by atoms with van der Waals surface area (Å²) in [6, 6.07) is 6.46. The number of hydrogen-bond acceptors (Lipinski definition) is 2. The zero-order valence-corrected chi connectivity index (χ0v) is 14.0. The van der Waals surface area contributed by atoms with Crippen LogP contribution in [-0.4, -0.2) is 47.6 Å². The molecule has 1 aromatic rings. The Kier molecular flexibility index (Phi) is 7.03. The van der Waals surface area contributed by atoms with Crippen molar-refractivity contribution >= 4 is 12.0 Å². The Morgan fingerprint density at radius 3 is 1.83 bits per heavy atom. The van der Waals surface area contributed by atoms with E-state index in [-0.39, 0.29) is 6.54 Å². The largest absolute Gasteiger partial charge is 0.481 e. The summed E-state index contributed by atoms with van der Waals surface area (Å²) in [5.74, 6) is -27.3. The van der Waals surface area contributed by atoms with Gasteiger partial charge in [-0.2, -0.15) is 39.5 Å². The first-order chi connectivity index (χ1) is 13.1. The van der Waals surface area contributed by atoms with Crippen molar-refractivity contribution in [3.8, 4) is 0 Å². The fraction of sp³-hybridized carbons (Fsp3) is 0.467. The predicted octanol–water partition coefficient (Wildman–Crippen LogP) is 3.65. The molecule has 0 saturated heterocycles. The van der Waals surface area contributed by atoms with E-state index in [1.165, 1.54) is 17.4 Å². The first-order valence-corrected chi connectivity index (χ1v) is 7.54. The molecule has 29 heavy (non-hydrogen) atoms. The van der Waals surface area contributed by atoms with Crippen molar-refractivity contribution in [2.75, 3.05) is 6.54 Å². The third kappa shape index (κ3) is 5.03. The van der Waals surface area contributed by atoms with E-state index in [1.807, 2.05) is 5.32 Å². The molecule has 0 saturated carbocycles. The average molecular weight is 440 g/mol. The van der Waals surface area contributed by atoms with Gasteiger partial charge in [-0.15, -0.1) is 0 Å². The van der Waals surface area contributed by atoms with E-state index in [2.05, 4.69) is 0 Å². The van der Waals surface area contributed by atoms with Crippen LogP contribution in [0.5, 0.6) is 0 Å². The molecular formula is C15H13F9N2O3. The van der Waals surface area contributed by atoms with Crippen molar-refractivity contribution in [2.45, 2.75) is 30.5 Å². The van der Waals surface area contributed by atoms with Gasteiger partial charge < -0.3 is 15.7 Å². The molecule has 0 aliphatic heterocycles. The van der Waals surface area contributed by atoms with E-state index in [4.69, 9.17) is 5.11 Å². The molecule has 1 unspecified atom stereocenters. The Morgan fingerprint density at radius 1 is 0.862 bits per heavy atom.